The molecule has 0 amide bonds. The molecular formula is C9H8O2. The number of fused-ring (bicyclic) bond motifs is 1. The highest BCUT2D eigenvalue weighted by Gasteiger charge is 2.21. The van der Waals surface area contributed by atoms with Crippen LogP contribution in [0.5, 0.6) is 0 Å². The second kappa shape index (κ2) is 1.91. The van der Waals surface area contributed by atoms with Crippen LogP contribution in [0.15, 0.2) is 21.2 Å². The predicted molar refractivity (Wildman–Crippen MR) is 42.5 cm³/mol. The Kier molecular flexibility index (Phi) is 1.13. The molecule has 2 nitrogen and oxygen atoms in total. The Morgan fingerprint density at radius 1 is 1.18 bits per heavy atom. The van der Waals surface area contributed by atoms with E-state index in [1.807, 2.05) is 13.0 Å². The lowest BCUT2D eigenvalue weighted by atomic mass is 9.88. The van der Waals surface area contributed by atoms with Crippen LogP contribution in [0.4, 0.5) is 0 Å². The van der Waals surface area contributed by atoms with Gasteiger partial charge in [-0.25, -0.2) is 0 Å². The first-order chi connectivity index (χ1) is 5.20. The molecule has 0 aliphatic heterocycles. The van der Waals surface area contributed by atoms with Crippen LogP contribution in [0.25, 0.3) is 0 Å². The summed E-state index contributed by atoms with van der Waals surface area (Å²) in [5.74, 6) is 0. The summed E-state index contributed by atoms with van der Waals surface area (Å²) in [4.78, 5) is 21.8. The summed E-state index contributed by atoms with van der Waals surface area (Å²) in [6, 6.07) is 0. The lowest BCUT2D eigenvalue weighted by Crippen LogP contribution is -2.41. The highest BCUT2D eigenvalue weighted by molar-refractivity contribution is 5.40. The summed E-state index contributed by atoms with van der Waals surface area (Å²) in [6.07, 6.45) is 3.38. The minimum absolute atomic E-state index is 0.257. The van der Waals surface area contributed by atoms with Crippen LogP contribution in [0, 0.1) is 0 Å². The monoisotopic (exact) mass is 148 g/mol. The van der Waals surface area contributed by atoms with Gasteiger partial charge in [-0.2, -0.15) is 0 Å². The van der Waals surface area contributed by atoms with Crippen molar-refractivity contribution >= 4 is 0 Å². The van der Waals surface area contributed by atoms with Gasteiger partial charge in [0.05, 0.1) is 0 Å². The van der Waals surface area contributed by atoms with Gasteiger partial charge in [0.15, 0.2) is 0 Å². The van der Waals surface area contributed by atoms with Gasteiger partial charge in [-0.05, 0) is 19.8 Å². The maximum atomic E-state index is 10.9. The zero-order valence-corrected chi connectivity index (χ0v) is 6.31. The molecule has 0 N–H and O–H groups in total. The van der Waals surface area contributed by atoms with Crippen molar-refractivity contribution < 1.29 is 0 Å². The zero-order valence-electron chi connectivity index (χ0n) is 6.31. The van der Waals surface area contributed by atoms with Gasteiger partial charge in [0, 0.05) is 11.1 Å². The van der Waals surface area contributed by atoms with Crippen molar-refractivity contribution in [1.82, 2.24) is 0 Å². The largest absolute Gasteiger partial charge is 0.285 e. The van der Waals surface area contributed by atoms with Gasteiger partial charge in [0.25, 0.3) is 0 Å². The molecule has 11 heavy (non-hydrogen) atoms. The van der Waals surface area contributed by atoms with E-state index in [0.29, 0.717) is 12.8 Å². The zero-order chi connectivity index (χ0) is 8.01. The van der Waals surface area contributed by atoms with Crippen LogP contribution in [-0.4, -0.2) is 0 Å². The molecule has 0 radical (unpaired) electrons. The van der Waals surface area contributed by atoms with Gasteiger partial charge in [-0.1, -0.05) is 11.6 Å². The number of hydrogen-bond donors (Lipinski definition) is 0. The van der Waals surface area contributed by atoms with E-state index in [1.54, 1.807) is 0 Å². The van der Waals surface area contributed by atoms with Crippen molar-refractivity contribution in [2.24, 2.45) is 0 Å². The lowest BCUT2D eigenvalue weighted by Gasteiger charge is -2.14. The van der Waals surface area contributed by atoms with Crippen LogP contribution >= 0.6 is 0 Å². The first kappa shape index (κ1) is 6.53. The second-order valence-electron chi connectivity index (χ2n) is 3.05. The molecule has 56 valence electrons. The van der Waals surface area contributed by atoms with Crippen molar-refractivity contribution in [3.63, 3.8) is 0 Å². The van der Waals surface area contributed by atoms with Crippen molar-refractivity contribution in [1.29, 1.82) is 0 Å². The maximum Gasteiger partial charge on any atom is 0.229 e. The van der Waals surface area contributed by atoms with E-state index < -0.39 is 0 Å². The van der Waals surface area contributed by atoms with E-state index in [4.69, 9.17) is 0 Å². The standard InChI is InChI=1S/C9H8O2/c1-5-2-3-6-7(4-5)9(11)8(6)10/h2H,3-4H2,1H3. The maximum absolute atomic E-state index is 10.9. The van der Waals surface area contributed by atoms with Crippen molar-refractivity contribution in [3.05, 3.63) is 43.2 Å². The molecule has 0 spiro atoms. The number of rotatable bonds is 0. The normalized spacial score (nSPS) is 16.3. The van der Waals surface area contributed by atoms with E-state index in [0.717, 1.165) is 11.1 Å². The number of allylic oxidation sites excluding steroid dienone is 2. The summed E-state index contributed by atoms with van der Waals surface area (Å²) in [6.45, 7) is 1.99. The van der Waals surface area contributed by atoms with E-state index in [2.05, 4.69) is 0 Å². The minimum Gasteiger partial charge on any atom is -0.285 e. The summed E-state index contributed by atoms with van der Waals surface area (Å²) < 4.78 is 0. The Balaban J connectivity index is 2.54. The Morgan fingerprint density at radius 2 is 1.82 bits per heavy atom. The van der Waals surface area contributed by atoms with Crippen LogP contribution in [0.3, 0.4) is 0 Å². The minimum atomic E-state index is -0.260. The molecule has 0 bridgehead atoms. The van der Waals surface area contributed by atoms with Gasteiger partial charge >= 0.3 is 0 Å². The summed E-state index contributed by atoms with van der Waals surface area (Å²) >= 11 is 0. The third kappa shape index (κ3) is 0.723. The van der Waals surface area contributed by atoms with E-state index >= 15 is 0 Å². The van der Waals surface area contributed by atoms with E-state index in [-0.39, 0.29) is 10.9 Å². The molecule has 2 heteroatoms. The Bertz CT molecular complexity index is 403. The Morgan fingerprint density at radius 3 is 2.55 bits per heavy atom. The molecule has 0 aromatic heterocycles. The molecule has 0 atom stereocenters. The highest BCUT2D eigenvalue weighted by Crippen LogP contribution is 2.15. The van der Waals surface area contributed by atoms with Crippen LogP contribution in [-0.2, 0) is 12.8 Å². The second-order valence-corrected chi connectivity index (χ2v) is 3.05. The summed E-state index contributed by atoms with van der Waals surface area (Å²) in [5, 5.41) is 0. The first-order valence-electron chi connectivity index (χ1n) is 3.67. The summed E-state index contributed by atoms with van der Waals surface area (Å²) in [5.41, 5.74) is 2.19. The fourth-order valence-electron chi connectivity index (χ4n) is 1.52. The lowest BCUT2D eigenvalue weighted by molar-refractivity contribution is 0.952. The van der Waals surface area contributed by atoms with E-state index in [1.165, 1.54) is 5.57 Å². The highest BCUT2D eigenvalue weighted by atomic mass is 16.2. The molecule has 1 aromatic carbocycles. The number of hydrogen-bond acceptors (Lipinski definition) is 2. The quantitative estimate of drug-likeness (QED) is 0.392. The van der Waals surface area contributed by atoms with Gasteiger partial charge in [0.2, 0.25) is 10.9 Å². The molecule has 0 fully saturated rings. The molecule has 2 rings (SSSR count). The predicted octanol–water partition coefficient (Wildman–Crippen LogP) is 0.328. The third-order valence-corrected chi connectivity index (χ3v) is 2.23. The van der Waals surface area contributed by atoms with Crippen LogP contribution in [0.1, 0.15) is 18.1 Å². The Labute approximate surface area is 63.9 Å². The topological polar surface area (TPSA) is 34.1 Å². The molecule has 0 saturated carbocycles. The molecule has 0 saturated heterocycles. The van der Waals surface area contributed by atoms with Crippen molar-refractivity contribution in [2.45, 2.75) is 19.8 Å². The molecule has 0 unspecified atom stereocenters. The third-order valence-electron chi connectivity index (χ3n) is 2.23. The van der Waals surface area contributed by atoms with Gasteiger partial charge in [-0.3, -0.25) is 9.59 Å². The van der Waals surface area contributed by atoms with Gasteiger partial charge in [-0.15, -0.1) is 0 Å². The average Bonchev–Trinajstić information content (AvgIpc) is 2.03. The van der Waals surface area contributed by atoms with Gasteiger partial charge in [0.1, 0.15) is 0 Å². The van der Waals surface area contributed by atoms with Gasteiger partial charge < -0.3 is 0 Å². The fraction of sp³-hybridized carbons (Fsp3) is 0.333. The Hall–Kier alpha value is -1.18. The molecule has 1 aliphatic rings. The first-order valence-corrected chi connectivity index (χ1v) is 3.67. The van der Waals surface area contributed by atoms with E-state index in [9.17, 15) is 9.59 Å². The van der Waals surface area contributed by atoms with Crippen LogP contribution < -0.4 is 10.9 Å². The fourth-order valence-corrected chi connectivity index (χ4v) is 1.52. The molecule has 1 aliphatic carbocycles. The van der Waals surface area contributed by atoms with Crippen LogP contribution in [0.2, 0.25) is 0 Å². The smallest absolute Gasteiger partial charge is 0.229 e. The average molecular weight is 148 g/mol. The van der Waals surface area contributed by atoms with Crippen molar-refractivity contribution in [3.8, 4) is 0 Å². The SMILES string of the molecule is CC1=CCc2c(c(=O)c2=O)C1. The van der Waals surface area contributed by atoms with Crippen molar-refractivity contribution in [2.75, 3.05) is 0 Å². The summed E-state index contributed by atoms with van der Waals surface area (Å²) in [7, 11) is 0. The molecular weight excluding hydrogens is 140 g/mol. The molecule has 0 heterocycles. The molecule has 1 aromatic rings.